The number of carbonyl (C=O) groups excluding carboxylic acids is 1. The second-order valence-electron chi connectivity index (χ2n) is 9.55. The molecule has 0 fully saturated rings. The summed E-state index contributed by atoms with van der Waals surface area (Å²) in [6.45, 7) is 13.7. The van der Waals surface area contributed by atoms with Crippen LogP contribution in [-0.2, 0) is 12.4 Å². The normalized spacial score (nSPS) is 12.3. The van der Waals surface area contributed by atoms with Crippen LogP contribution in [0.5, 0.6) is 0 Å². The monoisotopic (exact) mass is 672 g/mol. The Morgan fingerprint density at radius 1 is 0.562 bits per heavy atom. The Morgan fingerprint density at radius 2 is 0.969 bits per heavy atom. The molecule has 0 rings (SSSR count). The van der Waals surface area contributed by atoms with Gasteiger partial charge in [-0.1, -0.05) is 0 Å². The van der Waals surface area contributed by atoms with E-state index in [1.54, 1.807) is 6.92 Å². The molecule has 0 atom stereocenters. The molecule has 0 aliphatic rings. The van der Waals surface area contributed by atoms with E-state index in [-0.39, 0.29) is 5.97 Å². The number of unbranched alkanes of at least 4 members (excludes halogenated alkanes) is 9. The molecular formula is C26H56O4Sn2. The standard InChI is InChI=1S/C8H17O.4C4H9.C2H4O2.O.2Sn/c1-2-3-4-5-6-7-8-9;4*1-3-4-2;1-2(3)4;;;/h2-8H2,1H3;4*1,3-4H2,2H3;1H3,(H,3,4);;;/q-1;;;;;;;2*+1/p-1. The van der Waals surface area contributed by atoms with Gasteiger partial charge < -0.3 is 0 Å². The molecule has 0 unspecified atom stereocenters. The van der Waals surface area contributed by atoms with Gasteiger partial charge in [0.25, 0.3) is 0 Å². The van der Waals surface area contributed by atoms with Crippen LogP contribution in [0.1, 0.15) is 131 Å². The fraction of sp³-hybridized carbons (Fsp3) is 0.962. The second-order valence-corrected chi connectivity index (χ2v) is 31.5. The molecule has 0 aromatic rings. The van der Waals surface area contributed by atoms with Crippen molar-refractivity contribution in [3.05, 3.63) is 0 Å². The second kappa shape index (κ2) is 21.3. The van der Waals surface area contributed by atoms with E-state index in [4.69, 9.17) is 7.56 Å². The molecule has 0 N–H and O–H groups in total. The van der Waals surface area contributed by atoms with Gasteiger partial charge in [-0.3, -0.25) is 0 Å². The minimum atomic E-state index is -3.54. The molecule has 0 radical (unpaired) electrons. The molecule has 0 saturated carbocycles. The van der Waals surface area contributed by atoms with Gasteiger partial charge in [-0.05, 0) is 0 Å². The molecule has 0 aromatic carbocycles. The fourth-order valence-electron chi connectivity index (χ4n) is 4.28. The Morgan fingerprint density at radius 3 is 1.41 bits per heavy atom. The van der Waals surface area contributed by atoms with E-state index in [0.29, 0.717) is 0 Å². The van der Waals surface area contributed by atoms with Gasteiger partial charge in [0.05, 0.1) is 0 Å². The molecule has 0 saturated heterocycles. The van der Waals surface area contributed by atoms with Crippen molar-refractivity contribution in [1.82, 2.24) is 0 Å². The van der Waals surface area contributed by atoms with Crippen LogP contribution in [-0.4, -0.2) is 51.0 Å². The third-order valence-corrected chi connectivity index (χ3v) is 39.3. The molecule has 32 heavy (non-hydrogen) atoms. The first-order valence-corrected chi connectivity index (χ1v) is 26.7. The maximum atomic E-state index is 12.2. The van der Waals surface area contributed by atoms with Crippen LogP contribution in [0.4, 0.5) is 0 Å². The number of hydrogen-bond donors (Lipinski definition) is 0. The molecule has 6 heteroatoms. The molecular weight excluding hydrogens is 614 g/mol. The van der Waals surface area contributed by atoms with Crippen LogP contribution in [0.25, 0.3) is 0 Å². The van der Waals surface area contributed by atoms with Gasteiger partial charge in [0.15, 0.2) is 0 Å². The molecule has 0 aliphatic carbocycles. The first-order chi connectivity index (χ1) is 15.4. The molecule has 0 bridgehead atoms. The van der Waals surface area contributed by atoms with Crippen LogP contribution in [0.3, 0.4) is 0 Å². The number of rotatable bonds is 23. The Hall–Kier alpha value is 0.987. The summed E-state index contributed by atoms with van der Waals surface area (Å²) in [5.41, 5.74) is 0. The van der Waals surface area contributed by atoms with Crippen molar-refractivity contribution in [1.29, 1.82) is 0 Å². The van der Waals surface area contributed by atoms with Crippen LogP contribution < -0.4 is 0 Å². The molecule has 0 heterocycles. The van der Waals surface area contributed by atoms with E-state index in [9.17, 15) is 4.79 Å². The van der Waals surface area contributed by atoms with E-state index >= 15 is 0 Å². The summed E-state index contributed by atoms with van der Waals surface area (Å²) < 4.78 is 24.7. The quantitative estimate of drug-likeness (QED) is 0.0805. The third kappa shape index (κ3) is 15.8. The molecule has 192 valence electrons. The Labute approximate surface area is 211 Å². The zero-order valence-corrected chi connectivity index (χ0v) is 28.3. The topological polar surface area (TPSA) is 44.8 Å². The van der Waals surface area contributed by atoms with Crippen LogP contribution in [0, 0.1) is 0 Å². The summed E-state index contributed by atoms with van der Waals surface area (Å²) in [4.78, 5) is 12.2. The SMILES string of the molecule is CCCCCCCC[O][Sn]([CH2]CCC)([CH2]CCC)[O][Sn]([CH2]CCC)([CH2]CCC)[O]C(C)=O. The number of carbonyl (C=O) groups is 1. The predicted octanol–water partition coefficient (Wildman–Crippen LogP) is 9.03. The summed E-state index contributed by atoms with van der Waals surface area (Å²) in [5.74, 6) is -0.130. The van der Waals surface area contributed by atoms with Crippen molar-refractivity contribution >= 4 is 44.4 Å². The Kier molecular flexibility index (Phi) is 21.9. The fourth-order valence-corrected chi connectivity index (χ4v) is 46.4. The summed E-state index contributed by atoms with van der Waals surface area (Å²) in [7, 11) is 0. The van der Waals surface area contributed by atoms with Crippen molar-refractivity contribution in [3.8, 4) is 0 Å². The summed E-state index contributed by atoms with van der Waals surface area (Å²) in [6, 6.07) is 0. The van der Waals surface area contributed by atoms with Crippen molar-refractivity contribution in [2.45, 2.75) is 149 Å². The zero-order chi connectivity index (χ0) is 24.1. The van der Waals surface area contributed by atoms with Gasteiger partial charge >= 0.3 is 213 Å². The number of hydrogen-bond acceptors (Lipinski definition) is 4. The summed E-state index contributed by atoms with van der Waals surface area (Å²) in [6.07, 6.45) is 16.9. The first kappa shape index (κ1) is 33.0. The maximum absolute atomic E-state index is 12.2. The van der Waals surface area contributed by atoms with E-state index in [1.165, 1.54) is 57.8 Å². The van der Waals surface area contributed by atoms with Gasteiger partial charge in [0.1, 0.15) is 0 Å². The molecule has 0 amide bonds. The molecule has 0 aromatic heterocycles. The van der Waals surface area contributed by atoms with Gasteiger partial charge in [-0.2, -0.15) is 0 Å². The van der Waals surface area contributed by atoms with Gasteiger partial charge in [-0.15, -0.1) is 0 Å². The zero-order valence-electron chi connectivity index (χ0n) is 22.6. The van der Waals surface area contributed by atoms with E-state index in [0.717, 1.165) is 56.5 Å². The van der Waals surface area contributed by atoms with Gasteiger partial charge in [-0.25, -0.2) is 0 Å². The van der Waals surface area contributed by atoms with E-state index < -0.39 is 38.4 Å². The summed E-state index contributed by atoms with van der Waals surface area (Å²) in [5, 5.41) is 0. The minimum absolute atomic E-state index is 0.130. The van der Waals surface area contributed by atoms with Crippen molar-refractivity contribution in [2.24, 2.45) is 0 Å². The molecule has 0 spiro atoms. The van der Waals surface area contributed by atoms with Gasteiger partial charge in [0.2, 0.25) is 0 Å². The Bertz CT molecular complexity index is 430. The Balaban J connectivity index is 5.59. The van der Waals surface area contributed by atoms with Crippen LogP contribution in [0.2, 0.25) is 17.7 Å². The third-order valence-electron chi connectivity index (χ3n) is 6.21. The first-order valence-electron chi connectivity index (χ1n) is 14.0. The van der Waals surface area contributed by atoms with Crippen molar-refractivity contribution < 1.29 is 12.4 Å². The van der Waals surface area contributed by atoms with Gasteiger partial charge in [0, 0.05) is 0 Å². The average Bonchev–Trinajstić information content (AvgIpc) is 2.77. The van der Waals surface area contributed by atoms with Crippen molar-refractivity contribution in [2.75, 3.05) is 6.61 Å². The molecule has 4 nitrogen and oxygen atoms in total. The predicted molar refractivity (Wildman–Crippen MR) is 143 cm³/mol. The molecule has 0 aliphatic heterocycles. The average molecular weight is 670 g/mol. The van der Waals surface area contributed by atoms with Crippen molar-refractivity contribution in [3.63, 3.8) is 0 Å². The van der Waals surface area contributed by atoms with Crippen LogP contribution in [0.15, 0.2) is 0 Å². The van der Waals surface area contributed by atoms with Crippen LogP contribution >= 0.6 is 0 Å². The van der Waals surface area contributed by atoms with E-state index in [2.05, 4.69) is 34.6 Å². The van der Waals surface area contributed by atoms with E-state index in [1.807, 2.05) is 0 Å². The summed E-state index contributed by atoms with van der Waals surface area (Å²) >= 11 is -6.87.